The van der Waals surface area contributed by atoms with Gasteiger partial charge in [0.15, 0.2) is 0 Å². The molecule has 1 aromatic heterocycles. The summed E-state index contributed by atoms with van der Waals surface area (Å²) < 4.78 is 0.996. The van der Waals surface area contributed by atoms with Crippen molar-refractivity contribution in [2.75, 3.05) is 0 Å². The van der Waals surface area contributed by atoms with E-state index in [1.807, 2.05) is 41.3 Å². The van der Waals surface area contributed by atoms with Gasteiger partial charge >= 0.3 is 0 Å². The molecular weight excluding hydrogens is 474 g/mol. The van der Waals surface area contributed by atoms with Crippen molar-refractivity contribution in [1.29, 1.82) is 0 Å². The summed E-state index contributed by atoms with van der Waals surface area (Å²) in [5.41, 5.74) is 6.48. The fourth-order valence-electron chi connectivity index (χ4n) is 4.07. The van der Waals surface area contributed by atoms with Crippen LogP contribution in [-0.4, -0.2) is 21.0 Å². The molecule has 0 saturated carbocycles. The molecule has 5 rings (SSSR count). The highest BCUT2D eigenvalue weighted by Crippen LogP contribution is 2.43. The number of nitrogens with zero attached hydrogens (tertiary/aromatic N) is 2. The third kappa shape index (κ3) is 3.68. The zero-order chi connectivity index (χ0) is 21.5. The Morgan fingerprint density at radius 3 is 2.35 bits per heavy atom. The monoisotopic (exact) mass is 491 g/mol. The number of rotatable bonds is 4. The van der Waals surface area contributed by atoms with Gasteiger partial charge in [-0.3, -0.25) is 9.89 Å². The van der Waals surface area contributed by atoms with Crippen molar-refractivity contribution in [3.05, 3.63) is 110 Å². The van der Waals surface area contributed by atoms with Crippen molar-refractivity contribution in [2.24, 2.45) is 0 Å². The molecule has 0 aliphatic carbocycles. The molecule has 1 aliphatic rings. The number of aromatic nitrogens is 2. The highest BCUT2D eigenvalue weighted by molar-refractivity contribution is 9.10. The summed E-state index contributed by atoms with van der Waals surface area (Å²) in [4.78, 5) is 15.4. The zero-order valence-electron chi connectivity index (χ0n) is 16.8. The van der Waals surface area contributed by atoms with E-state index in [1.165, 1.54) is 5.56 Å². The lowest BCUT2D eigenvalue weighted by Gasteiger charge is -2.26. The largest absolute Gasteiger partial charge is 0.322 e. The molecule has 1 unspecified atom stereocenters. The molecular formula is C25H19BrClN3O. The number of hydrogen-bond donors (Lipinski definition) is 1. The predicted molar refractivity (Wildman–Crippen MR) is 126 cm³/mol. The molecule has 0 fully saturated rings. The Hall–Kier alpha value is -2.89. The highest BCUT2D eigenvalue weighted by Gasteiger charge is 2.42. The standard InChI is InChI=1S/C25H19BrClN3O/c1-15-2-4-16(5-3-15)14-30-24(18-6-10-19(26)11-7-18)21-22(28-29-23(21)25(30)31)17-8-12-20(27)13-9-17/h2-13,24H,14H2,1H3,(H,28,29). The van der Waals surface area contributed by atoms with Crippen LogP contribution in [-0.2, 0) is 6.54 Å². The number of aryl methyl sites for hydroxylation is 1. The molecule has 6 heteroatoms. The van der Waals surface area contributed by atoms with Gasteiger partial charge in [-0.2, -0.15) is 5.10 Å². The SMILES string of the molecule is Cc1ccc(CN2C(=O)c3[nH]nc(-c4ccc(Cl)cc4)c3C2c2ccc(Br)cc2)cc1. The number of H-pyrrole nitrogens is 1. The third-order valence-corrected chi connectivity index (χ3v) is 6.42. The molecule has 0 radical (unpaired) electrons. The van der Waals surface area contributed by atoms with E-state index >= 15 is 0 Å². The lowest BCUT2D eigenvalue weighted by Crippen LogP contribution is -2.29. The first kappa shape index (κ1) is 20.0. The van der Waals surface area contributed by atoms with E-state index in [-0.39, 0.29) is 11.9 Å². The van der Waals surface area contributed by atoms with Crippen molar-refractivity contribution < 1.29 is 4.79 Å². The first-order chi connectivity index (χ1) is 15.0. The number of halogens is 2. The van der Waals surface area contributed by atoms with Crippen molar-refractivity contribution in [3.63, 3.8) is 0 Å². The molecule has 0 bridgehead atoms. The number of hydrogen-bond acceptors (Lipinski definition) is 2. The first-order valence-corrected chi connectivity index (χ1v) is 11.1. The van der Waals surface area contributed by atoms with Gasteiger partial charge in [0, 0.05) is 27.2 Å². The molecule has 154 valence electrons. The highest BCUT2D eigenvalue weighted by atomic mass is 79.9. The van der Waals surface area contributed by atoms with E-state index in [0.29, 0.717) is 17.3 Å². The maximum atomic E-state index is 13.4. The molecule has 1 N–H and O–H groups in total. The molecule has 3 aromatic carbocycles. The van der Waals surface area contributed by atoms with Crippen LogP contribution in [0.1, 0.15) is 38.8 Å². The molecule has 1 aliphatic heterocycles. The van der Waals surface area contributed by atoms with E-state index < -0.39 is 0 Å². The molecule has 31 heavy (non-hydrogen) atoms. The summed E-state index contributed by atoms with van der Waals surface area (Å²) in [6.07, 6.45) is 0. The first-order valence-electron chi connectivity index (χ1n) is 9.97. The van der Waals surface area contributed by atoms with Crippen LogP contribution in [0.3, 0.4) is 0 Å². The predicted octanol–water partition coefficient (Wildman–Crippen LogP) is 6.55. The minimum absolute atomic E-state index is 0.0452. The maximum Gasteiger partial charge on any atom is 0.273 e. The average Bonchev–Trinajstić information content (AvgIpc) is 3.31. The van der Waals surface area contributed by atoms with Gasteiger partial charge in [0.05, 0.1) is 11.7 Å². The number of amides is 1. The van der Waals surface area contributed by atoms with Gasteiger partial charge in [-0.25, -0.2) is 0 Å². The minimum atomic E-state index is -0.235. The van der Waals surface area contributed by atoms with Crippen molar-refractivity contribution in [3.8, 4) is 11.3 Å². The molecule has 0 saturated heterocycles. The number of carbonyl (C=O) groups excluding carboxylic acids is 1. The van der Waals surface area contributed by atoms with Crippen LogP contribution >= 0.6 is 27.5 Å². The van der Waals surface area contributed by atoms with Crippen LogP contribution in [0.15, 0.2) is 77.3 Å². The number of fused-ring (bicyclic) bond motifs is 1. The second-order valence-electron chi connectivity index (χ2n) is 7.74. The van der Waals surface area contributed by atoms with Gasteiger partial charge in [-0.15, -0.1) is 0 Å². The topological polar surface area (TPSA) is 49.0 Å². The minimum Gasteiger partial charge on any atom is -0.322 e. The van der Waals surface area contributed by atoms with E-state index in [1.54, 1.807) is 0 Å². The fraction of sp³-hybridized carbons (Fsp3) is 0.120. The van der Waals surface area contributed by atoms with Crippen LogP contribution in [0.2, 0.25) is 5.02 Å². The third-order valence-electron chi connectivity index (χ3n) is 5.64. The van der Waals surface area contributed by atoms with Crippen molar-refractivity contribution >= 4 is 33.4 Å². The van der Waals surface area contributed by atoms with Crippen LogP contribution in [0, 0.1) is 6.92 Å². The summed E-state index contributed by atoms with van der Waals surface area (Å²) in [7, 11) is 0. The zero-order valence-corrected chi connectivity index (χ0v) is 19.1. The van der Waals surface area contributed by atoms with Gasteiger partial charge in [0.1, 0.15) is 5.69 Å². The fourth-order valence-corrected chi connectivity index (χ4v) is 4.46. The number of carbonyl (C=O) groups is 1. The van der Waals surface area contributed by atoms with Gasteiger partial charge in [0.25, 0.3) is 5.91 Å². The lowest BCUT2D eigenvalue weighted by molar-refractivity contribution is 0.0730. The second kappa shape index (κ2) is 7.98. The number of nitrogens with one attached hydrogen (secondary N) is 1. The average molecular weight is 493 g/mol. The Morgan fingerprint density at radius 1 is 1.00 bits per heavy atom. The van der Waals surface area contributed by atoms with Gasteiger partial charge in [-0.1, -0.05) is 81.6 Å². The molecule has 4 nitrogen and oxygen atoms in total. The molecule has 1 amide bonds. The number of benzene rings is 3. The molecule has 2 heterocycles. The molecule has 0 spiro atoms. The summed E-state index contributed by atoms with van der Waals surface area (Å²) in [6.45, 7) is 2.58. The van der Waals surface area contributed by atoms with E-state index in [4.69, 9.17) is 11.6 Å². The summed E-state index contributed by atoms with van der Waals surface area (Å²) in [6, 6.07) is 23.7. The van der Waals surface area contributed by atoms with Crippen LogP contribution in [0.4, 0.5) is 0 Å². The van der Waals surface area contributed by atoms with Gasteiger partial charge < -0.3 is 4.90 Å². The van der Waals surface area contributed by atoms with Crippen LogP contribution in [0.5, 0.6) is 0 Å². The summed E-state index contributed by atoms with van der Waals surface area (Å²) >= 11 is 9.59. The summed E-state index contributed by atoms with van der Waals surface area (Å²) in [5, 5.41) is 8.18. The molecule has 4 aromatic rings. The quantitative estimate of drug-likeness (QED) is 0.351. The number of aromatic amines is 1. The van der Waals surface area contributed by atoms with Crippen molar-refractivity contribution in [2.45, 2.75) is 19.5 Å². The Bertz CT molecular complexity index is 1250. The van der Waals surface area contributed by atoms with E-state index in [2.05, 4.69) is 69.4 Å². The Morgan fingerprint density at radius 2 is 1.68 bits per heavy atom. The van der Waals surface area contributed by atoms with Crippen LogP contribution in [0.25, 0.3) is 11.3 Å². The normalized spacial score (nSPS) is 15.4. The Balaban J connectivity index is 1.63. The summed E-state index contributed by atoms with van der Waals surface area (Å²) in [5.74, 6) is -0.0452. The maximum absolute atomic E-state index is 13.4. The van der Waals surface area contributed by atoms with E-state index in [0.717, 1.165) is 32.4 Å². The second-order valence-corrected chi connectivity index (χ2v) is 9.09. The lowest BCUT2D eigenvalue weighted by atomic mass is 9.96. The molecule has 1 atom stereocenters. The van der Waals surface area contributed by atoms with Crippen LogP contribution < -0.4 is 0 Å². The van der Waals surface area contributed by atoms with Gasteiger partial charge in [-0.05, 0) is 42.3 Å². The van der Waals surface area contributed by atoms with Crippen molar-refractivity contribution in [1.82, 2.24) is 15.1 Å². The van der Waals surface area contributed by atoms with E-state index in [9.17, 15) is 4.79 Å². The Kier molecular flexibility index (Phi) is 5.16. The smallest absolute Gasteiger partial charge is 0.273 e. The Labute approximate surface area is 194 Å². The van der Waals surface area contributed by atoms with Gasteiger partial charge in [0.2, 0.25) is 0 Å².